The van der Waals surface area contributed by atoms with Crippen LogP contribution < -0.4 is 10.6 Å². The summed E-state index contributed by atoms with van der Waals surface area (Å²) in [4.78, 5) is 23.9. The van der Waals surface area contributed by atoms with Crippen molar-refractivity contribution in [2.24, 2.45) is 0 Å². The van der Waals surface area contributed by atoms with E-state index < -0.39 is 17.5 Å². The molecule has 0 saturated carbocycles. The highest BCUT2D eigenvalue weighted by Gasteiger charge is 2.13. The summed E-state index contributed by atoms with van der Waals surface area (Å²) in [5.41, 5.74) is 2.52. The maximum absolute atomic E-state index is 13.5. The second-order valence-corrected chi connectivity index (χ2v) is 5.64. The number of hydrogen-bond acceptors (Lipinski definition) is 2. The van der Waals surface area contributed by atoms with Crippen molar-refractivity contribution in [2.45, 2.75) is 26.7 Å². The summed E-state index contributed by atoms with van der Waals surface area (Å²) in [6, 6.07) is 8.51. The average molecular weight is 346 g/mol. The maximum atomic E-state index is 13.5. The van der Waals surface area contributed by atoms with Crippen LogP contribution in [0.15, 0.2) is 36.4 Å². The summed E-state index contributed by atoms with van der Waals surface area (Å²) < 4.78 is 26.4. The summed E-state index contributed by atoms with van der Waals surface area (Å²) >= 11 is 0. The molecule has 0 spiro atoms. The number of benzene rings is 2. The van der Waals surface area contributed by atoms with E-state index in [-0.39, 0.29) is 24.4 Å². The molecule has 0 bridgehead atoms. The van der Waals surface area contributed by atoms with Gasteiger partial charge in [-0.1, -0.05) is 25.1 Å². The highest BCUT2D eigenvalue weighted by molar-refractivity contribution is 5.95. The Morgan fingerprint density at radius 2 is 1.88 bits per heavy atom. The third-order valence-electron chi connectivity index (χ3n) is 3.82. The molecule has 2 rings (SSSR count). The highest BCUT2D eigenvalue weighted by Crippen LogP contribution is 2.21. The van der Waals surface area contributed by atoms with Gasteiger partial charge in [0.15, 0.2) is 0 Å². The number of halogens is 2. The van der Waals surface area contributed by atoms with Crippen LogP contribution in [0.25, 0.3) is 0 Å². The first-order valence-corrected chi connectivity index (χ1v) is 8.04. The number of hydrogen-bond donors (Lipinski definition) is 2. The van der Waals surface area contributed by atoms with E-state index in [0.717, 1.165) is 35.4 Å². The topological polar surface area (TPSA) is 58.2 Å². The molecule has 25 heavy (non-hydrogen) atoms. The first-order chi connectivity index (χ1) is 11.9. The number of amides is 2. The predicted octanol–water partition coefficient (Wildman–Crippen LogP) is 3.59. The minimum Gasteiger partial charge on any atom is -0.351 e. The molecule has 2 N–H and O–H groups in total. The molecule has 0 unspecified atom stereocenters. The van der Waals surface area contributed by atoms with E-state index in [4.69, 9.17) is 0 Å². The summed E-state index contributed by atoms with van der Waals surface area (Å²) in [5, 5.41) is 5.31. The lowest BCUT2D eigenvalue weighted by atomic mass is 10.1. The Kier molecular flexibility index (Phi) is 6.22. The zero-order valence-corrected chi connectivity index (χ0v) is 14.2. The van der Waals surface area contributed by atoms with Crippen molar-refractivity contribution in [3.63, 3.8) is 0 Å². The molecule has 0 heterocycles. The van der Waals surface area contributed by atoms with Crippen molar-refractivity contribution in [1.29, 1.82) is 0 Å². The van der Waals surface area contributed by atoms with Gasteiger partial charge in [0.1, 0.15) is 11.6 Å². The van der Waals surface area contributed by atoms with Gasteiger partial charge in [0, 0.05) is 24.7 Å². The Morgan fingerprint density at radius 3 is 2.56 bits per heavy atom. The smallest absolute Gasteiger partial charge is 0.254 e. The predicted molar refractivity (Wildman–Crippen MR) is 92.5 cm³/mol. The van der Waals surface area contributed by atoms with Crippen LogP contribution in [0.5, 0.6) is 0 Å². The quantitative estimate of drug-likeness (QED) is 0.840. The van der Waals surface area contributed by atoms with E-state index >= 15 is 0 Å². The molecule has 6 heteroatoms. The lowest BCUT2D eigenvalue weighted by Gasteiger charge is -2.13. The molecule has 2 aromatic rings. The second-order valence-electron chi connectivity index (χ2n) is 5.64. The minimum absolute atomic E-state index is 0.0477. The van der Waals surface area contributed by atoms with Crippen LogP contribution in [0, 0.1) is 18.6 Å². The van der Waals surface area contributed by atoms with E-state index in [1.54, 1.807) is 0 Å². The zero-order chi connectivity index (χ0) is 18.4. The molecule has 0 aromatic heterocycles. The van der Waals surface area contributed by atoms with Crippen LogP contribution in [-0.4, -0.2) is 18.4 Å². The van der Waals surface area contributed by atoms with Gasteiger partial charge in [0.25, 0.3) is 5.91 Å². The number of aryl methyl sites for hydroxylation is 2. The van der Waals surface area contributed by atoms with Crippen molar-refractivity contribution in [2.75, 3.05) is 11.9 Å². The van der Waals surface area contributed by atoms with Gasteiger partial charge in [0.2, 0.25) is 5.91 Å². The molecule has 0 atom stereocenters. The fourth-order valence-corrected chi connectivity index (χ4v) is 2.46. The number of carbonyl (C=O) groups excluding carboxylic acids is 2. The summed E-state index contributed by atoms with van der Waals surface area (Å²) in [5.74, 6) is -2.62. The standard InChI is InChI=1S/C19H20F2N2O2/c1-3-13-6-4-5-12(2)18(13)23-17(24)9-10-22-19(25)15-8-7-14(20)11-16(15)21/h4-8,11H,3,9-10H2,1-2H3,(H,22,25)(H,23,24). The molecule has 2 aromatic carbocycles. The first-order valence-electron chi connectivity index (χ1n) is 8.04. The van der Waals surface area contributed by atoms with E-state index in [1.165, 1.54) is 0 Å². The maximum Gasteiger partial charge on any atom is 0.254 e. The molecular formula is C19H20F2N2O2. The zero-order valence-electron chi connectivity index (χ0n) is 14.2. The Bertz CT molecular complexity index is 791. The molecule has 0 radical (unpaired) electrons. The largest absolute Gasteiger partial charge is 0.351 e. The van der Waals surface area contributed by atoms with Crippen molar-refractivity contribution < 1.29 is 18.4 Å². The Hall–Kier alpha value is -2.76. The van der Waals surface area contributed by atoms with Crippen LogP contribution in [0.1, 0.15) is 34.8 Å². The van der Waals surface area contributed by atoms with E-state index in [0.29, 0.717) is 6.07 Å². The molecule has 0 saturated heterocycles. The van der Waals surface area contributed by atoms with Crippen molar-refractivity contribution in [1.82, 2.24) is 5.32 Å². The van der Waals surface area contributed by atoms with E-state index in [1.807, 2.05) is 32.0 Å². The molecule has 0 aliphatic rings. The van der Waals surface area contributed by atoms with Gasteiger partial charge < -0.3 is 10.6 Å². The Balaban J connectivity index is 1.90. The van der Waals surface area contributed by atoms with Gasteiger partial charge in [-0.25, -0.2) is 8.78 Å². The Labute approximate surface area is 145 Å². The molecule has 0 aliphatic heterocycles. The lowest BCUT2D eigenvalue weighted by molar-refractivity contribution is -0.116. The summed E-state index contributed by atoms with van der Waals surface area (Å²) in [6.07, 6.45) is 0.837. The van der Waals surface area contributed by atoms with Gasteiger partial charge in [-0.2, -0.15) is 0 Å². The normalized spacial score (nSPS) is 10.4. The molecule has 0 fully saturated rings. The lowest BCUT2D eigenvalue weighted by Crippen LogP contribution is -2.28. The minimum atomic E-state index is -0.936. The second kappa shape index (κ2) is 8.37. The average Bonchev–Trinajstić information content (AvgIpc) is 2.56. The molecule has 4 nitrogen and oxygen atoms in total. The van der Waals surface area contributed by atoms with Gasteiger partial charge in [-0.3, -0.25) is 9.59 Å². The monoisotopic (exact) mass is 346 g/mol. The molecule has 0 aliphatic carbocycles. The summed E-state index contributed by atoms with van der Waals surface area (Å²) in [7, 11) is 0. The van der Waals surface area contributed by atoms with Crippen LogP contribution in [0.3, 0.4) is 0 Å². The number of carbonyl (C=O) groups is 2. The first kappa shape index (κ1) is 18.6. The van der Waals surface area contributed by atoms with Crippen LogP contribution in [0.2, 0.25) is 0 Å². The number of nitrogens with one attached hydrogen (secondary N) is 2. The third-order valence-corrected chi connectivity index (χ3v) is 3.82. The van der Waals surface area contributed by atoms with Gasteiger partial charge in [0.05, 0.1) is 5.56 Å². The fraction of sp³-hybridized carbons (Fsp3) is 0.263. The van der Waals surface area contributed by atoms with Crippen molar-refractivity contribution in [3.05, 3.63) is 64.7 Å². The molecule has 132 valence electrons. The van der Waals surface area contributed by atoms with E-state index in [9.17, 15) is 18.4 Å². The van der Waals surface area contributed by atoms with Crippen LogP contribution in [-0.2, 0) is 11.2 Å². The van der Waals surface area contributed by atoms with Crippen molar-refractivity contribution >= 4 is 17.5 Å². The van der Waals surface area contributed by atoms with Crippen molar-refractivity contribution in [3.8, 4) is 0 Å². The molecular weight excluding hydrogens is 326 g/mol. The summed E-state index contributed by atoms with van der Waals surface area (Å²) in [6.45, 7) is 3.96. The molecule has 2 amide bonds. The third kappa shape index (κ3) is 4.86. The van der Waals surface area contributed by atoms with Crippen LogP contribution in [0.4, 0.5) is 14.5 Å². The van der Waals surface area contributed by atoms with E-state index in [2.05, 4.69) is 10.6 Å². The van der Waals surface area contributed by atoms with Gasteiger partial charge in [-0.05, 0) is 36.6 Å². The Morgan fingerprint density at radius 1 is 1.12 bits per heavy atom. The number of rotatable bonds is 6. The fourth-order valence-electron chi connectivity index (χ4n) is 2.46. The number of anilines is 1. The number of para-hydroxylation sites is 1. The van der Waals surface area contributed by atoms with Gasteiger partial charge in [-0.15, -0.1) is 0 Å². The van der Waals surface area contributed by atoms with Crippen LogP contribution >= 0.6 is 0 Å². The SMILES string of the molecule is CCc1cccc(C)c1NC(=O)CCNC(=O)c1ccc(F)cc1F. The highest BCUT2D eigenvalue weighted by atomic mass is 19.1. The van der Waals surface area contributed by atoms with Gasteiger partial charge >= 0.3 is 0 Å².